The number of amides is 1. The smallest absolute Gasteiger partial charge is 0.248 e. The van der Waals surface area contributed by atoms with Crippen molar-refractivity contribution in [1.82, 2.24) is 14.5 Å². The van der Waals surface area contributed by atoms with Gasteiger partial charge in [-0.15, -0.1) is 0 Å². The SMILES string of the molecule is CC(COc1ccccn1)Oc1ccc(-n2cnc3cc(C(N)=O)ccc32)cc1. The molecule has 0 aliphatic heterocycles. The predicted molar refractivity (Wildman–Crippen MR) is 109 cm³/mol. The highest BCUT2D eigenvalue weighted by molar-refractivity contribution is 5.96. The fourth-order valence-corrected chi connectivity index (χ4v) is 2.96. The maximum atomic E-state index is 11.3. The van der Waals surface area contributed by atoms with Crippen molar-refractivity contribution in [2.75, 3.05) is 6.61 Å². The number of hydrogen-bond donors (Lipinski definition) is 1. The minimum atomic E-state index is -0.468. The van der Waals surface area contributed by atoms with Crippen molar-refractivity contribution in [2.45, 2.75) is 13.0 Å². The largest absolute Gasteiger partial charge is 0.487 e. The maximum absolute atomic E-state index is 11.3. The number of nitrogens with two attached hydrogens (primary N) is 1. The second-order valence-electron chi connectivity index (χ2n) is 6.58. The third-order valence-corrected chi connectivity index (χ3v) is 4.39. The summed E-state index contributed by atoms with van der Waals surface area (Å²) in [6.07, 6.45) is 3.27. The first-order valence-corrected chi connectivity index (χ1v) is 9.18. The molecule has 1 atom stereocenters. The van der Waals surface area contributed by atoms with Crippen molar-refractivity contribution in [3.8, 4) is 17.3 Å². The van der Waals surface area contributed by atoms with Crippen molar-refractivity contribution in [1.29, 1.82) is 0 Å². The van der Waals surface area contributed by atoms with Gasteiger partial charge in [0.2, 0.25) is 11.8 Å². The van der Waals surface area contributed by atoms with Crippen LogP contribution in [0.15, 0.2) is 73.2 Å². The molecule has 0 bridgehead atoms. The highest BCUT2D eigenvalue weighted by atomic mass is 16.5. The van der Waals surface area contributed by atoms with Crippen LogP contribution in [0.1, 0.15) is 17.3 Å². The number of carbonyl (C=O) groups is 1. The number of pyridine rings is 1. The van der Waals surface area contributed by atoms with Crippen LogP contribution in [-0.2, 0) is 0 Å². The third kappa shape index (κ3) is 4.19. The Morgan fingerprint density at radius 3 is 2.66 bits per heavy atom. The molecule has 0 saturated carbocycles. The van der Waals surface area contributed by atoms with E-state index in [-0.39, 0.29) is 6.10 Å². The lowest BCUT2D eigenvalue weighted by atomic mass is 10.2. The van der Waals surface area contributed by atoms with Crippen molar-refractivity contribution < 1.29 is 14.3 Å². The van der Waals surface area contributed by atoms with E-state index < -0.39 is 5.91 Å². The van der Waals surface area contributed by atoms with Crippen LogP contribution >= 0.6 is 0 Å². The maximum Gasteiger partial charge on any atom is 0.248 e. The number of rotatable bonds is 7. The van der Waals surface area contributed by atoms with Gasteiger partial charge >= 0.3 is 0 Å². The molecule has 2 N–H and O–H groups in total. The Hall–Kier alpha value is -3.87. The number of aromatic nitrogens is 3. The van der Waals surface area contributed by atoms with Crippen LogP contribution in [-0.4, -0.2) is 33.2 Å². The number of hydrogen-bond acceptors (Lipinski definition) is 5. The minimum Gasteiger partial charge on any atom is -0.487 e. The van der Waals surface area contributed by atoms with Gasteiger partial charge in [-0.2, -0.15) is 0 Å². The van der Waals surface area contributed by atoms with E-state index in [0.29, 0.717) is 23.6 Å². The van der Waals surface area contributed by atoms with Gasteiger partial charge in [-0.3, -0.25) is 9.36 Å². The average molecular weight is 388 g/mol. The van der Waals surface area contributed by atoms with Gasteiger partial charge in [0.05, 0.1) is 11.0 Å². The molecule has 1 unspecified atom stereocenters. The highest BCUT2D eigenvalue weighted by Crippen LogP contribution is 2.22. The van der Waals surface area contributed by atoms with Gasteiger partial charge in [-0.1, -0.05) is 6.07 Å². The fraction of sp³-hybridized carbons (Fsp3) is 0.136. The average Bonchev–Trinajstić information content (AvgIpc) is 3.17. The number of primary amides is 1. The summed E-state index contributed by atoms with van der Waals surface area (Å²) < 4.78 is 13.5. The zero-order valence-corrected chi connectivity index (χ0v) is 15.9. The van der Waals surface area contributed by atoms with Crippen molar-refractivity contribution in [2.24, 2.45) is 5.73 Å². The lowest BCUT2D eigenvalue weighted by Gasteiger charge is -2.15. The summed E-state index contributed by atoms with van der Waals surface area (Å²) in [5.74, 6) is 0.847. The molecule has 146 valence electrons. The Kier molecular flexibility index (Phi) is 5.11. The molecule has 0 aliphatic carbocycles. The first-order chi connectivity index (χ1) is 14.1. The van der Waals surface area contributed by atoms with E-state index >= 15 is 0 Å². The van der Waals surface area contributed by atoms with E-state index in [2.05, 4.69) is 9.97 Å². The molecular weight excluding hydrogens is 368 g/mol. The van der Waals surface area contributed by atoms with E-state index in [1.165, 1.54) is 0 Å². The van der Waals surface area contributed by atoms with Crippen LogP contribution in [0.5, 0.6) is 11.6 Å². The van der Waals surface area contributed by atoms with Gasteiger partial charge in [0, 0.05) is 23.5 Å². The van der Waals surface area contributed by atoms with E-state index in [9.17, 15) is 4.79 Å². The standard InChI is InChI=1S/C22H20N4O3/c1-15(13-28-21-4-2-3-11-24-21)29-18-8-6-17(7-9-18)26-14-25-19-12-16(22(23)27)5-10-20(19)26/h2-12,14-15H,13H2,1H3,(H2,23,27). The van der Waals surface area contributed by atoms with Crippen LogP contribution in [0.25, 0.3) is 16.7 Å². The monoisotopic (exact) mass is 388 g/mol. The Morgan fingerprint density at radius 2 is 1.93 bits per heavy atom. The van der Waals surface area contributed by atoms with Gasteiger partial charge < -0.3 is 15.2 Å². The zero-order chi connectivity index (χ0) is 20.2. The van der Waals surface area contributed by atoms with E-state index in [1.807, 2.05) is 60.0 Å². The van der Waals surface area contributed by atoms with Crippen LogP contribution in [0, 0.1) is 0 Å². The zero-order valence-electron chi connectivity index (χ0n) is 15.9. The first-order valence-electron chi connectivity index (χ1n) is 9.18. The summed E-state index contributed by atoms with van der Waals surface area (Å²) >= 11 is 0. The van der Waals surface area contributed by atoms with Crippen LogP contribution in [0.3, 0.4) is 0 Å². The molecule has 1 amide bonds. The highest BCUT2D eigenvalue weighted by Gasteiger charge is 2.09. The van der Waals surface area contributed by atoms with Gasteiger partial charge in [-0.05, 0) is 55.5 Å². The summed E-state index contributed by atoms with van der Waals surface area (Å²) in [7, 11) is 0. The molecule has 0 radical (unpaired) electrons. The molecule has 2 aromatic carbocycles. The Labute approximate surface area is 167 Å². The number of fused-ring (bicyclic) bond motifs is 1. The Bertz CT molecular complexity index is 1120. The molecule has 4 rings (SSSR count). The van der Waals surface area contributed by atoms with Crippen molar-refractivity contribution in [3.05, 3.63) is 78.8 Å². The number of benzene rings is 2. The van der Waals surface area contributed by atoms with E-state index in [0.717, 1.165) is 17.0 Å². The molecule has 4 aromatic rings. The summed E-state index contributed by atoms with van der Waals surface area (Å²) in [5.41, 5.74) is 8.31. The van der Waals surface area contributed by atoms with Crippen molar-refractivity contribution in [3.63, 3.8) is 0 Å². The molecular formula is C22H20N4O3. The summed E-state index contributed by atoms with van der Waals surface area (Å²) in [4.78, 5) is 19.8. The lowest BCUT2D eigenvalue weighted by Crippen LogP contribution is -2.21. The predicted octanol–water partition coefficient (Wildman–Crippen LogP) is 3.37. The molecule has 0 saturated heterocycles. The first kappa shape index (κ1) is 18.5. The molecule has 0 fully saturated rings. The number of nitrogens with zero attached hydrogens (tertiary/aromatic N) is 3. The van der Waals surface area contributed by atoms with Crippen LogP contribution in [0.4, 0.5) is 0 Å². The van der Waals surface area contributed by atoms with Crippen LogP contribution in [0.2, 0.25) is 0 Å². The summed E-state index contributed by atoms with van der Waals surface area (Å²) in [5, 5.41) is 0. The third-order valence-electron chi connectivity index (χ3n) is 4.39. The Morgan fingerprint density at radius 1 is 1.10 bits per heavy atom. The summed E-state index contributed by atoms with van der Waals surface area (Å²) in [6.45, 7) is 2.34. The number of imidazole rings is 1. The van der Waals surface area contributed by atoms with Crippen molar-refractivity contribution >= 4 is 16.9 Å². The number of carbonyl (C=O) groups excluding carboxylic acids is 1. The van der Waals surface area contributed by atoms with Crippen LogP contribution < -0.4 is 15.2 Å². The van der Waals surface area contributed by atoms with Gasteiger partial charge in [-0.25, -0.2) is 9.97 Å². The van der Waals surface area contributed by atoms with E-state index in [4.69, 9.17) is 15.2 Å². The normalized spacial score (nSPS) is 11.9. The Balaban J connectivity index is 1.44. The molecule has 7 heteroatoms. The van der Waals surface area contributed by atoms with E-state index in [1.54, 1.807) is 24.7 Å². The minimum absolute atomic E-state index is 0.135. The fourth-order valence-electron chi connectivity index (χ4n) is 2.96. The lowest BCUT2D eigenvalue weighted by molar-refractivity contribution is 0.100. The van der Waals surface area contributed by atoms with Gasteiger partial charge in [0.1, 0.15) is 24.8 Å². The quantitative estimate of drug-likeness (QED) is 0.524. The topological polar surface area (TPSA) is 92.3 Å². The molecule has 2 heterocycles. The molecule has 0 spiro atoms. The second kappa shape index (κ2) is 8.02. The number of ether oxygens (including phenoxy) is 2. The molecule has 2 aromatic heterocycles. The molecule has 7 nitrogen and oxygen atoms in total. The van der Waals surface area contributed by atoms with Gasteiger partial charge in [0.25, 0.3) is 0 Å². The van der Waals surface area contributed by atoms with Gasteiger partial charge in [0.15, 0.2) is 0 Å². The summed E-state index contributed by atoms with van der Waals surface area (Å²) in [6, 6.07) is 18.4. The second-order valence-corrected chi connectivity index (χ2v) is 6.58. The molecule has 0 aliphatic rings. The molecule has 29 heavy (non-hydrogen) atoms.